The topological polar surface area (TPSA) is 70.7 Å². The molecule has 1 fully saturated rings. The Hall–Kier alpha value is -2.17. The van der Waals surface area contributed by atoms with Gasteiger partial charge in [0.05, 0.1) is 20.3 Å². The third kappa shape index (κ3) is 6.16. The van der Waals surface area contributed by atoms with Crippen LogP contribution in [0.1, 0.15) is 12.5 Å². The number of benzene rings is 2. The summed E-state index contributed by atoms with van der Waals surface area (Å²) in [7, 11) is 3.31. The largest absolute Gasteiger partial charge is 0.494 e. The highest BCUT2D eigenvalue weighted by Crippen LogP contribution is 2.37. The molecule has 0 spiro atoms. The van der Waals surface area contributed by atoms with Crippen LogP contribution < -0.4 is 24.8 Å². The van der Waals surface area contributed by atoms with E-state index in [1.165, 1.54) is 5.23 Å². The summed E-state index contributed by atoms with van der Waals surface area (Å²) in [6, 6.07) is 13.7. The molecule has 0 aromatic heterocycles. The summed E-state index contributed by atoms with van der Waals surface area (Å²) in [6.07, 6.45) is 0.765. The third-order valence-corrected chi connectivity index (χ3v) is 4.82. The average Bonchev–Trinajstić information content (AvgIpc) is 2.71. The Morgan fingerprint density at radius 2 is 1.80 bits per heavy atom. The summed E-state index contributed by atoms with van der Waals surface area (Å²) in [5, 5.41) is 4.82. The van der Waals surface area contributed by atoms with Gasteiger partial charge in [0.2, 0.25) is 12.3 Å². The molecule has 2 aromatic rings. The van der Waals surface area contributed by atoms with Gasteiger partial charge < -0.3 is 24.3 Å². The van der Waals surface area contributed by atoms with Crippen LogP contribution in [0, 0.1) is 0 Å². The molecule has 8 nitrogen and oxygen atoms in total. The van der Waals surface area contributed by atoms with Gasteiger partial charge in [-0.3, -0.25) is 0 Å². The number of nitrogens with zero attached hydrogens (tertiary/aromatic N) is 1. The van der Waals surface area contributed by atoms with Gasteiger partial charge >= 0.3 is 0 Å². The van der Waals surface area contributed by atoms with E-state index in [-0.39, 0.29) is 6.04 Å². The molecule has 30 heavy (non-hydrogen) atoms. The minimum atomic E-state index is 0.120. The molecule has 0 unspecified atom stereocenters. The summed E-state index contributed by atoms with van der Waals surface area (Å²) < 4.78 is 32.6. The summed E-state index contributed by atoms with van der Waals surface area (Å²) in [6.45, 7) is 4.32. The fraction of sp³-hybridized carbons (Fsp3) is 0.429. The number of rotatable bonds is 13. The van der Waals surface area contributed by atoms with E-state index in [4.69, 9.17) is 27.5 Å². The minimum Gasteiger partial charge on any atom is -0.494 e. The van der Waals surface area contributed by atoms with Gasteiger partial charge in [0.25, 0.3) is 0 Å². The molecule has 1 saturated heterocycles. The first-order chi connectivity index (χ1) is 14.7. The van der Waals surface area contributed by atoms with E-state index in [1.807, 2.05) is 49.4 Å². The Bertz CT molecular complexity index is 790. The second-order valence-electron chi connectivity index (χ2n) is 6.52. The molecular weight excluding hydrogens is 408 g/mol. The molecule has 0 bridgehead atoms. The average molecular weight is 437 g/mol. The fourth-order valence-corrected chi connectivity index (χ4v) is 3.37. The van der Waals surface area contributed by atoms with E-state index in [9.17, 15) is 0 Å². The van der Waals surface area contributed by atoms with E-state index in [1.54, 1.807) is 14.2 Å². The van der Waals surface area contributed by atoms with Gasteiger partial charge in [-0.25, -0.2) is 0 Å². The van der Waals surface area contributed by atoms with Crippen molar-refractivity contribution in [2.24, 2.45) is 0 Å². The van der Waals surface area contributed by atoms with Crippen LogP contribution in [0.2, 0.25) is 0 Å². The van der Waals surface area contributed by atoms with Gasteiger partial charge in [-0.2, -0.15) is 0 Å². The zero-order valence-corrected chi connectivity index (χ0v) is 18.3. The summed E-state index contributed by atoms with van der Waals surface area (Å²) in [5.74, 6) is 2.18. The van der Waals surface area contributed by atoms with Gasteiger partial charge in [0.1, 0.15) is 18.0 Å². The monoisotopic (exact) mass is 436 g/mol. The van der Waals surface area contributed by atoms with E-state index < -0.39 is 0 Å². The van der Waals surface area contributed by atoms with Crippen LogP contribution >= 0.6 is 12.3 Å². The first-order valence-electron chi connectivity index (χ1n) is 9.80. The van der Waals surface area contributed by atoms with Crippen molar-refractivity contribution in [3.63, 3.8) is 0 Å². The minimum absolute atomic E-state index is 0.120. The first-order valence-corrected chi connectivity index (χ1v) is 10.5. The first kappa shape index (κ1) is 22.5. The van der Waals surface area contributed by atoms with Gasteiger partial charge in [0.15, 0.2) is 11.5 Å². The van der Waals surface area contributed by atoms with E-state index in [0.29, 0.717) is 32.1 Å². The molecule has 2 aromatic carbocycles. The Labute approximate surface area is 181 Å². The van der Waals surface area contributed by atoms with Crippen LogP contribution in [-0.4, -0.2) is 46.6 Å². The Morgan fingerprint density at radius 1 is 1.03 bits per heavy atom. The lowest BCUT2D eigenvalue weighted by Gasteiger charge is -2.28. The SMILES string of the molecule is CCOc1ccccc1OCCN[C@H](COC)Cc1ccc(OC)c(N2OSO2)c1. The third-order valence-electron chi connectivity index (χ3n) is 4.43. The van der Waals surface area contributed by atoms with Crippen LogP contribution in [0.25, 0.3) is 0 Å². The second-order valence-corrected chi connectivity index (χ2v) is 6.95. The number of anilines is 1. The Kier molecular flexibility index (Phi) is 8.91. The zero-order chi connectivity index (χ0) is 21.2. The number of para-hydroxylation sites is 2. The summed E-state index contributed by atoms with van der Waals surface area (Å²) in [5.41, 5.74) is 1.83. The molecule has 0 amide bonds. The number of ether oxygens (including phenoxy) is 4. The van der Waals surface area contributed by atoms with Crippen molar-refractivity contribution in [3.8, 4) is 17.2 Å². The standard InChI is InChI=1S/C21H28N2O6S/c1-4-26-20-7-5-6-8-21(20)27-12-11-22-17(15-24-2)13-16-9-10-19(25-3)18(14-16)23-28-30-29-23/h5-10,14,17,22H,4,11-13,15H2,1-3H3/t17-/m0/s1. The van der Waals surface area contributed by atoms with E-state index in [2.05, 4.69) is 5.32 Å². The molecule has 0 saturated carbocycles. The highest BCUT2D eigenvalue weighted by Gasteiger charge is 2.24. The fourth-order valence-electron chi connectivity index (χ4n) is 3.09. The molecular formula is C21H28N2O6S. The van der Waals surface area contributed by atoms with Crippen molar-refractivity contribution >= 4 is 18.0 Å². The summed E-state index contributed by atoms with van der Waals surface area (Å²) >= 11 is 0.918. The van der Waals surface area contributed by atoms with Crippen molar-refractivity contribution in [1.82, 2.24) is 5.32 Å². The molecule has 9 heteroatoms. The lowest BCUT2D eigenvalue weighted by molar-refractivity contribution is 0.0256. The molecule has 1 atom stereocenters. The Morgan fingerprint density at radius 3 is 2.43 bits per heavy atom. The summed E-state index contributed by atoms with van der Waals surface area (Å²) in [4.78, 5) is 0. The number of nitrogens with one attached hydrogen (secondary N) is 1. The van der Waals surface area contributed by atoms with Crippen LogP contribution in [-0.2, 0) is 19.7 Å². The van der Waals surface area contributed by atoms with Gasteiger partial charge in [-0.1, -0.05) is 23.4 Å². The highest BCUT2D eigenvalue weighted by molar-refractivity contribution is 7.90. The maximum atomic E-state index is 5.88. The van der Waals surface area contributed by atoms with Crippen LogP contribution in [0.5, 0.6) is 17.2 Å². The lowest BCUT2D eigenvalue weighted by Crippen LogP contribution is -2.37. The predicted octanol–water partition coefficient (Wildman–Crippen LogP) is 3.57. The van der Waals surface area contributed by atoms with E-state index >= 15 is 0 Å². The number of hydrogen-bond acceptors (Lipinski definition) is 9. The highest BCUT2D eigenvalue weighted by atomic mass is 32.2. The molecule has 1 aliphatic heterocycles. The predicted molar refractivity (Wildman–Crippen MR) is 116 cm³/mol. The van der Waals surface area contributed by atoms with Crippen molar-refractivity contribution < 1.29 is 27.5 Å². The Balaban J connectivity index is 1.54. The van der Waals surface area contributed by atoms with Crippen molar-refractivity contribution in [2.45, 2.75) is 19.4 Å². The molecule has 1 N–H and O–H groups in total. The van der Waals surface area contributed by atoms with E-state index in [0.717, 1.165) is 41.5 Å². The van der Waals surface area contributed by atoms with Crippen LogP contribution in [0.3, 0.4) is 0 Å². The molecule has 1 heterocycles. The molecule has 164 valence electrons. The maximum Gasteiger partial charge on any atom is 0.217 e. The molecule has 3 rings (SSSR count). The quantitative estimate of drug-likeness (QED) is 0.375. The normalized spacial score (nSPS) is 14.2. The number of hydrogen-bond donors (Lipinski definition) is 1. The van der Waals surface area contributed by atoms with Crippen molar-refractivity contribution in [2.75, 3.05) is 45.8 Å². The van der Waals surface area contributed by atoms with Gasteiger partial charge in [-0.15, -0.1) is 8.57 Å². The smallest absolute Gasteiger partial charge is 0.217 e. The van der Waals surface area contributed by atoms with Crippen LogP contribution in [0.15, 0.2) is 42.5 Å². The lowest BCUT2D eigenvalue weighted by atomic mass is 10.1. The maximum absolute atomic E-state index is 5.88. The number of methoxy groups -OCH3 is 2. The van der Waals surface area contributed by atoms with Crippen molar-refractivity contribution in [3.05, 3.63) is 48.0 Å². The zero-order valence-electron chi connectivity index (χ0n) is 17.5. The molecule has 1 aliphatic rings. The van der Waals surface area contributed by atoms with Crippen LogP contribution in [0.4, 0.5) is 5.69 Å². The van der Waals surface area contributed by atoms with Gasteiger partial charge in [-0.05, 0) is 43.2 Å². The second kappa shape index (κ2) is 11.9. The molecule has 0 aliphatic carbocycles. The van der Waals surface area contributed by atoms with Crippen molar-refractivity contribution in [1.29, 1.82) is 0 Å². The van der Waals surface area contributed by atoms with Gasteiger partial charge in [0, 0.05) is 19.7 Å². The molecule has 0 radical (unpaired) electrons.